The molecule has 1 heterocycles. The number of hydrogen-bond donors (Lipinski definition) is 1. The van der Waals surface area contributed by atoms with Gasteiger partial charge in [0.25, 0.3) is 0 Å². The highest BCUT2D eigenvalue weighted by Crippen LogP contribution is 2.34. The van der Waals surface area contributed by atoms with Crippen molar-refractivity contribution < 1.29 is 18.1 Å². The normalized spacial score (nSPS) is 17.6. The molecule has 0 bridgehead atoms. The molecule has 0 saturated carbocycles. The van der Waals surface area contributed by atoms with Crippen LogP contribution in [0, 0.1) is 10.1 Å². The zero-order chi connectivity index (χ0) is 19.6. The van der Waals surface area contributed by atoms with Gasteiger partial charge in [-0.05, 0) is 43.3 Å². The molecule has 144 valence electrons. The summed E-state index contributed by atoms with van der Waals surface area (Å²) in [5.41, 5.74) is 1.35. The third kappa shape index (κ3) is 4.20. The number of hydrogen-bond acceptors (Lipinski definition) is 7. The molecule has 1 unspecified atom stereocenters. The molecular formula is C18H21N3O5S. The second-order valence-corrected chi connectivity index (χ2v) is 8.45. The van der Waals surface area contributed by atoms with E-state index in [0.29, 0.717) is 18.9 Å². The molecule has 1 aliphatic heterocycles. The van der Waals surface area contributed by atoms with Crippen molar-refractivity contribution >= 4 is 32.6 Å². The van der Waals surface area contributed by atoms with Crippen molar-refractivity contribution in [3.8, 4) is 0 Å². The summed E-state index contributed by atoms with van der Waals surface area (Å²) >= 11 is 0. The van der Waals surface area contributed by atoms with Gasteiger partial charge in [-0.15, -0.1) is 0 Å². The summed E-state index contributed by atoms with van der Waals surface area (Å²) in [5, 5.41) is 14.4. The minimum atomic E-state index is -3.72. The highest BCUT2D eigenvalue weighted by atomic mass is 32.2. The van der Waals surface area contributed by atoms with E-state index in [-0.39, 0.29) is 16.6 Å². The van der Waals surface area contributed by atoms with Crippen LogP contribution in [-0.2, 0) is 14.6 Å². The topological polar surface area (TPSA) is 102 Å². The van der Waals surface area contributed by atoms with E-state index in [9.17, 15) is 18.5 Å². The Morgan fingerprint density at radius 2 is 1.93 bits per heavy atom. The highest BCUT2D eigenvalue weighted by molar-refractivity contribution is 7.90. The molecule has 1 N–H and O–H groups in total. The molecular weight excluding hydrogens is 370 g/mol. The Balaban J connectivity index is 1.89. The van der Waals surface area contributed by atoms with Crippen LogP contribution in [0.4, 0.5) is 22.7 Å². The van der Waals surface area contributed by atoms with Gasteiger partial charge in [0.2, 0.25) is 0 Å². The third-order valence-electron chi connectivity index (χ3n) is 4.43. The van der Waals surface area contributed by atoms with Gasteiger partial charge in [-0.25, -0.2) is 8.42 Å². The number of benzene rings is 2. The first kappa shape index (κ1) is 19.1. The minimum absolute atomic E-state index is 0.135. The van der Waals surface area contributed by atoms with Crippen LogP contribution in [-0.4, -0.2) is 45.4 Å². The number of anilines is 3. The molecule has 8 nitrogen and oxygen atoms in total. The summed E-state index contributed by atoms with van der Waals surface area (Å²) in [7, 11) is -3.72. The van der Waals surface area contributed by atoms with Gasteiger partial charge >= 0.3 is 5.69 Å². The SMILES string of the molecule is CC1COCCN1c1ccc(Nc2cccc(S(C)(=O)=O)c2[N+](=O)[O-])cc1. The largest absolute Gasteiger partial charge is 0.377 e. The molecule has 27 heavy (non-hydrogen) atoms. The van der Waals surface area contributed by atoms with Crippen molar-refractivity contribution in [1.82, 2.24) is 0 Å². The van der Waals surface area contributed by atoms with Gasteiger partial charge in [0.05, 0.1) is 18.1 Å². The number of sulfone groups is 1. The maximum absolute atomic E-state index is 11.9. The molecule has 0 aliphatic carbocycles. The van der Waals surface area contributed by atoms with Gasteiger partial charge < -0.3 is 15.0 Å². The number of nitro groups is 1. The van der Waals surface area contributed by atoms with E-state index in [1.807, 2.05) is 24.3 Å². The lowest BCUT2D eigenvalue weighted by Crippen LogP contribution is -2.43. The average molecular weight is 391 g/mol. The van der Waals surface area contributed by atoms with Crippen molar-refractivity contribution in [2.24, 2.45) is 0 Å². The lowest BCUT2D eigenvalue weighted by molar-refractivity contribution is -0.386. The van der Waals surface area contributed by atoms with Crippen molar-refractivity contribution in [3.05, 3.63) is 52.6 Å². The summed E-state index contributed by atoms with van der Waals surface area (Å²) in [6, 6.07) is 12.0. The fourth-order valence-electron chi connectivity index (χ4n) is 3.11. The number of nitrogens with zero attached hydrogens (tertiary/aromatic N) is 2. The molecule has 2 aromatic rings. The predicted octanol–water partition coefficient (Wildman–Crippen LogP) is 2.97. The number of nitrogens with one attached hydrogen (secondary N) is 1. The zero-order valence-electron chi connectivity index (χ0n) is 15.1. The lowest BCUT2D eigenvalue weighted by atomic mass is 10.2. The Kier molecular flexibility index (Phi) is 5.33. The fourth-order valence-corrected chi connectivity index (χ4v) is 3.97. The van der Waals surface area contributed by atoms with Crippen molar-refractivity contribution in [1.29, 1.82) is 0 Å². The van der Waals surface area contributed by atoms with Crippen LogP contribution in [0.25, 0.3) is 0 Å². The fraction of sp³-hybridized carbons (Fsp3) is 0.333. The van der Waals surface area contributed by atoms with Crippen LogP contribution < -0.4 is 10.2 Å². The highest BCUT2D eigenvalue weighted by Gasteiger charge is 2.26. The molecule has 0 spiro atoms. The monoisotopic (exact) mass is 391 g/mol. The number of ether oxygens (including phenoxy) is 1. The summed E-state index contributed by atoms with van der Waals surface area (Å²) in [6.45, 7) is 4.24. The second kappa shape index (κ2) is 7.53. The summed E-state index contributed by atoms with van der Waals surface area (Å²) in [4.78, 5) is 12.7. The first-order valence-electron chi connectivity index (χ1n) is 8.46. The van der Waals surface area contributed by atoms with Gasteiger partial charge in [0.15, 0.2) is 9.84 Å². The maximum atomic E-state index is 11.9. The van der Waals surface area contributed by atoms with Crippen LogP contribution in [0.2, 0.25) is 0 Å². The van der Waals surface area contributed by atoms with Crippen LogP contribution in [0.3, 0.4) is 0 Å². The molecule has 1 fully saturated rings. The van der Waals surface area contributed by atoms with Crippen LogP contribution in [0.15, 0.2) is 47.4 Å². The first-order valence-corrected chi connectivity index (χ1v) is 10.4. The Labute approximate surface area is 157 Å². The molecule has 1 aliphatic rings. The molecule has 0 amide bonds. The number of morpholine rings is 1. The van der Waals surface area contributed by atoms with E-state index in [1.54, 1.807) is 0 Å². The summed E-state index contributed by atoms with van der Waals surface area (Å²) in [6.07, 6.45) is 0.956. The lowest BCUT2D eigenvalue weighted by Gasteiger charge is -2.35. The Morgan fingerprint density at radius 1 is 1.22 bits per heavy atom. The van der Waals surface area contributed by atoms with E-state index in [2.05, 4.69) is 17.1 Å². The Morgan fingerprint density at radius 3 is 2.52 bits per heavy atom. The van der Waals surface area contributed by atoms with Gasteiger partial charge in [0, 0.05) is 30.2 Å². The zero-order valence-corrected chi connectivity index (χ0v) is 15.9. The molecule has 1 atom stereocenters. The number of nitro benzene ring substituents is 1. The first-order chi connectivity index (χ1) is 12.8. The van der Waals surface area contributed by atoms with E-state index in [0.717, 1.165) is 18.5 Å². The van der Waals surface area contributed by atoms with Crippen molar-refractivity contribution in [2.75, 3.05) is 36.2 Å². The maximum Gasteiger partial charge on any atom is 0.311 e. The Bertz CT molecular complexity index is 944. The van der Waals surface area contributed by atoms with Crippen molar-refractivity contribution in [3.63, 3.8) is 0 Å². The van der Waals surface area contributed by atoms with Crippen LogP contribution in [0.5, 0.6) is 0 Å². The Hall–Kier alpha value is -2.65. The predicted molar refractivity (Wildman–Crippen MR) is 104 cm³/mol. The molecule has 9 heteroatoms. The second-order valence-electron chi connectivity index (χ2n) is 6.47. The van der Waals surface area contributed by atoms with Gasteiger partial charge in [0.1, 0.15) is 10.6 Å². The van der Waals surface area contributed by atoms with Crippen LogP contribution >= 0.6 is 0 Å². The summed E-state index contributed by atoms with van der Waals surface area (Å²) in [5.74, 6) is 0. The summed E-state index contributed by atoms with van der Waals surface area (Å²) < 4.78 is 29.2. The quantitative estimate of drug-likeness (QED) is 0.617. The smallest absolute Gasteiger partial charge is 0.311 e. The van der Waals surface area contributed by atoms with Gasteiger partial charge in [-0.3, -0.25) is 10.1 Å². The molecule has 3 rings (SSSR count). The standard InChI is InChI=1S/C18H21N3O5S/c1-13-12-26-11-10-20(13)15-8-6-14(7-9-15)19-16-4-3-5-17(27(2,24)25)18(16)21(22)23/h3-9,13,19H,10-12H2,1-2H3. The molecule has 0 aromatic heterocycles. The van der Waals surface area contributed by atoms with E-state index in [4.69, 9.17) is 4.74 Å². The number of para-hydroxylation sites is 1. The van der Waals surface area contributed by atoms with E-state index >= 15 is 0 Å². The molecule has 2 aromatic carbocycles. The van der Waals surface area contributed by atoms with Crippen LogP contribution in [0.1, 0.15) is 6.92 Å². The molecule has 0 radical (unpaired) electrons. The van der Waals surface area contributed by atoms with Gasteiger partial charge in [-0.2, -0.15) is 0 Å². The number of rotatable bonds is 5. The average Bonchev–Trinajstić information content (AvgIpc) is 2.62. The molecule has 1 saturated heterocycles. The minimum Gasteiger partial charge on any atom is -0.377 e. The van der Waals surface area contributed by atoms with E-state index in [1.165, 1.54) is 18.2 Å². The third-order valence-corrected chi connectivity index (χ3v) is 5.56. The van der Waals surface area contributed by atoms with Crippen molar-refractivity contribution in [2.45, 2.75) is 17.9 Å². The van der Waals surface area contributed by atoms with Gasteiger partial charge in [-0.1, -0.05) is 6.07 Å². The van der Waals surface area contributed by atoms with E-state index < -0.39 is 20.4 Å².